The number of hydrogen-bond acceptors (Lipinski definition) is 3. The van der Waals surface area contributed by atoms with Crippen LogP contribution in [0.15, 0.2) is 54.6 Å². The highest BCUT2D eigenvalue weighted by Gasteiger charge is 2.09. The van der Waals surface area contributed by atoms with Crippen molar-refractivity contribution in [2.45, 2.75) is 0 Å². The van der Waals surface area contributed by atoms with Crippen molar-refractivity contribution in [1.82, 2.24) is 0 Å². The van der Waals surface area contributed by atoms with Crippen LogP contribution in [-0.2, 0) is 4.57 Å². The number of rotatable bonds is 3. The molecule has 2 aromatic rings. The molecular formula is C12H11O3P. The average Bonchev–Trinajstić information content (AvgIpc) is 2.31. The monoisotopic (exact) mass is 234 g/mol. The van der Waals surface area contributed by atoms with Crippen molar-refractivity contribution >= 4 is 13.3 Å². The molecular weight excluding hydrogens is 223 g/mol. The normalized spacial score (nSPS) is 12.0. The molecule has 3 nitrogen and oxygen atoms in total. The number of phenolic OH excluding ortho intramolecular Hbond substituents is 1. The first-order valence-electron chi connectivity index (χ1n) is 4.82. The van der Waals surface area contributed by atoms with Gasteiger partial charge in [0.15, 0.2) is 0 Å². The molecule has 0 radical (unpaired) electrons. The van der Waals surface area contributed by atoms with Crippen LogP contribution in [0, 0.1) is 0 Å². The molecule has 0 aliphatic rings. The van der Waals surface area contributed by atoms with Gasteiger partial charge in [-0.3, -0.25) is 4.57 Å². The van der Waals surface area contributed by atoms with Crippen LogP contribution >= 0.6 is 8.03 Å². The summed E-state index contributed by atoms with van der Waals surface area (Å²) < 4.78 is 17.1. The summed E-state index contributed by atoms with van der Waals surface area (Å²) >= 11 is 0. The number of benzene rings is 2. The summed E-state index contributed by atoms with van der Waals surface area (Å²) in [6, 6.07) is 15.4. The SMILES string of the molecule is O=[PH](Oc1ccccc1)c1ccccc1O. The van der Waals surface area contributed by atoms with E-state index in [1.165, 1.54) is 6.07 Å². The van der Waals surface area contributed by atoms with Crippen molar-refractivity contribution in [3.8, 4) is 11.5 Å². The van der Waals surface area contributed by atoms with E-state index in [2.05, 4.69) is 0 Å². The van der Waals surface area contributed by atoms with E-state index in [4.69, 9.17) is 4.52 Å². The van der Waals surface area contributed by atoms with Gasteiger partial charge in [0.05, 0.1) is 5.30 Å². The van der Waals surface area contributed by atoms with Gasteiger partial charge < -0.3 is 9.63 Å². The van der Waals surface area contributed by atoms with E-state index < -0.39 is 8.03 Å². The van der Waals surface area contributed by atoms with Crippen LogP contribution in [0.25, 0.3) is 0 Å². The summed E-state index contributed by atoms with van der Waals surface area (Å²) in [6.07, 6.45) is 0. The summed E-state index contributed by atoms with van der Waals surface area (Å²) in [5.74, 6) is 0.539. The maximum Gasteiger partial charge on any atom is 0.269 e. The van der Waals surface area contributed by atoms with Gasteiger partial charge in [-0.2, -0.15) is 0 Å². The Morgan fingerprint density at radius 1 is 0.938 bits per heavy atom. The summed E-state index contributed by atoms with van der Waals surface area (Å²) in [7, 11) is -2.45. The number of hydrogen-bond donors (Lipinski definition) is 1. The molecule has 0 spiro atoms. The van der Waals surface area contributed by atoms with E-state index in [-0.39, 0.29) is 5.75 Å². The fraction of sp³-hybridized carbons (Fsp3) is 0. The first-order valence-corrected chi connectivity index (χ1v) is 6.14. The lowest BCUT2D eigenvalue weighted by molar-refractivity contribution is 0.475. The Hall–Kier alpha value is -1.73. The molecule has 1 unspecified atom stereocenters. The lowest BCUT2D eigenvalue weighted by atomic mass is 10.3. The molecule has 16 heavy (non-hydrogen) atoms. The first kappa shape index (κ1) is 10.8. The minimum absolute atomic E-state index is 0.00215. The van der Waals surface area contributed by atoms with Crippen molar-refractivity contribution in [3.63, 3.8) is 0 Å². The smallest absolute Gasteiger partial charge is 0.269 e. The van der Waals surface area contributed by atoms with Crippen molar-refractivity contribution in [1.29, 1.82) is 0 Å². The second-order valence-electron chi connectivity index (χ2n) is 3.22. The Morgan fingerprint density at radius 3 is 2.25 bits per heavy atom. The minimum Gasteiger partial charge on any atom is -0.507 e. The molecule has 4 heteroatoms. The van der Waals surface area contributed by atoms with Gasteiger partial charge >= 0.3 is 0 Å². The molecule has 0 saturated heterocycles. The third kappa shape index (κ3) is 2.44. The van der Waals surface area contributed by atoms with Crippen molar-refractivity contribution in [3.05, 3.63) is 54.6 Å². The molecule has 0 aromatic heterocycles. The molecule has 1 N–H and O–H groups in total. The molecule has 2 aromatic carbocycles. The molecule has 2 rings (SSSR count). The molecule has 0 aliphatic heterocycles. The molecule has 0 bridgehead atoms. The Bertz CT molecular complexity index is 497. The Balaban J connectivity index is 2.19. The number of aromatic hydroxyl groups is 1. The van der Waals surface area contributed by atoms with Gasteiger partial charge in [-0.25, -0.2) is 0 Å². The van der Waals surface area contributed by atoms with E-state index in [0.29, 0.717) is 11.1 Å². The fourth-order valence-corrected chi connectivity index (χ4v) is 2.28. The first-order chi connectivity index (χ1) is 7.77. The largest absolute Gasteiger partial charge is 0.507 e. The zero-order valence-corrected chi connectivity index (χ0v) is 9.46. The van der Waals surface area contributed by atoms with Crippen molar-refractivity contribution < 1.29 is 14.2 Å². The van der Waals surface area contributed by atoms with Gasteiger partial charge in [-0.15, -0.1) is 0 Å². The highest BCUT2D eigenvalue weighted by atomic mass is 31.1. The van der Waals surface area contributed by atoms with Crippen LogP contribution in [0.2, 0.25) is 0 Å². The predicted octanol–water partition coefficient (Wildman–Crippen LogP) is 2.57. The third-order valence-electron chi connectivity index (χ3n) is 2.08. The standard InChI is InChI=1S/C12H11O3P/c13-11-8-4-5-9-12(11)16(14)15-10-6-2-1-3-7-10/h1-9,13,16H. The molecule has 0 heterocycles. The molecule has 82 valence electrons. The van der Waals surface area contributed by atoms with E-state index in [0.717, 1.165) is 0 Å². The van der Waals surface area contributed by atoms with Gasteiger partial charge in [-0.05, 0) is 24.3 Å². The van der Waals surface area contributed by atoms with Crippen molar-refractivity contribution in [2.75, 3.05) is 0 Å². The predicted molar refractivity (Wildman–Crippen MR) is 63.8 cm³/mol. The van der Waals surface area contributed by atoms with Crippen LogP contribution in [0.1, 0.15) is 0 Å². The molecule has 0 aliphatic carbocycles. The van der Waals surface area contributed by atoms with E-state index in [9.17, 15) is 9.67 Å². The summed E-state index contributed by atoms with van der Waals surface area (Å²) in [5, 5.41) is 9.85. The highest BCUT2D eigenvalue weighted by Crippen LogP contribution is 2.29. The second kappa shape index (κ2) is 4.86. The third-order valence-corrected chi connectivity index (χ3v) is 3.36. The quantitative estimate of drug-likeness (QED) is 0.830. The van der Waals surface area contributed by atoms with E-state index >= 15 is 0 Å². The maximum absolute atomic E-state index is 11.8. The summed E-state index contributed by atoms with van der Waals surface area (Å²) in [6.45, 7) is 0. The number of phenols is 1. The van der Waals surface area contributed by atoms with Gasteiger partial charge in [0, 0.05) is 0 Å². The Morgan fingerprint density at radius 2 is 1.56 bits per heavy atom. The van der Waals surface area contributed by atoms with Crippen LogP contribution in [0.4, 0.5) is 0 Å². The maximum atomic E-state index is 11.8. The number of para-hydroxylation sites is 2. The lowest BCUT2D eigenvalue weighted by Gasteiger charge is -2.06. The Kier molecular flexibility index (Phi) is 3.28. The second-order valence-corrected chi connectivity index (χ2v) is 4.54. The van der Waals surface area contributed by atoms with Gasteiger partial charge in [0.1, 0.15) is 11.5 Å². The summed E-state index contributed by atoms with van der Waals surface area (Å²) in [4.78, 5) is 0. The highest BCUT2D eigenvalue weighted by molar-refractivity contribution is 7.49. The lowest BCUT2D eigenvalue weighted by Crippen LogP contribution is -1.99. The van der Waals surface area contributed by atoms with Gasteiger partial charge in [0.2, 0.25) is 0 Å². The van der Waals surface area contributed by atoms with E-state index in [1.807, 2.05) is 6.07 Å². The molecule has 0 fully saturated rings. The fourth-order valence-electron chi connectivity index (χ4n) is 1.30. The van der Waals surface area contributed by atoms with Crippen LogP contribution in [-0.4, -0.2) is 5.11 Å². The Labute approximate surface area is 94.2 Å². The van der Waals surface area contributed by atoms with Gasteiger partial charge in [0.25, 0.3) is 8.03 Å². The van der Waals surface area contributed by atoms with Gasteiger partial charge in [-0.1, -0.05) is 30.3 Å². The zero-order valence-electron chi connectivity index (χ0n) is 8.46. The molecule has 1 atom stereocenters. The van der Waals surface area contributed by atoms with Crippen molar-refractivity contribution in [2.24, 2.45) is 0 Å². The van der Waals surface area contributed by atoms with E-state index in [1.54, 1.807) is 42.5 Å². The topological polar surface area (TPSA) is 46.5 Å². The molecule has 0 saturated carbocycles. The minimum atomic E-state index is -2.45. The average molecular weight is 234 g/mol. The van der Waals surface area contributed by atoms with Crippen LogP contribution in [0.5, 0.6) is 11.5 Å². The van der Waals surface area contributed by atoms with Crippen LogP contribution < -0.4 is 9.83 Å². The zero-order chi connectivity index (χ0) is 11.4. The van der Waals surface area contributed by atoms with Crippen LogP contribution in [0.3, 0.4) is 0 Å². The molecule has 0 amide bonds. The summed E-state index contributed by atoms with van der Waals surface area (Å²) in [5.41, 5.74) is 0.